The summed E-state index contributed by atoms with van der Waals surface area (Å²) < 4.78 is 5.09. The Labute approximate surface area is 186 Å². The maximum Gasteiger partial charge on any atom is 0.325 e. The first-order chi connectivity index (χ1) is 15.6. The average molecular weight is 431 g/mol. The molecular formula is C25H25N3O4. The molecule has 7 nitrogen and oxygen atoms in total. The van der Waals surface area contributed by atoms with E-state index in [1.807, 2.05) is 72.8 Å². The van der Waals surface area contributed by atoms with Crippen molar-refractivity contribution in [1.82, 2.24) is 15.2 Å². The second-order valence-electron chi connectivity index (χ2n) is 7.70. The van der Waals surface area contributed by atoms with Gasteiger partial charge in [0.25, 0.3) is 0 Å². The first-order valence-electron chi connectivity index (χ1n) is 10.4. The van der Waals surface area contributed by atoms with Crippen LogP contribution < -0.4 is 5.32 Å². The minimum absolute atomic E-state index is 0.347. The molecule has 3 amide bonds. The van der Waals surface area contributed by atoms with Crippen LogP contribution in [0.4, 0.5) is 4.79 Å². The lowest BCUT2D eigenvalue weighted by atomic mass is 9.82. The van der Waals surface area contributed by atoms with Crippen LogP contribution in [0, 0.1) is 5.92 Å². The average Bonchev–Trinajstić information content (AvgIpc) is 2.85. The van der Waals surface area contributed by atoms with E-state index in [4.69, 9.17) is 4.74 Å². The number of likely N-dealkylation sites (tertiary alicyclic amines) is 1. The molecule has 7 heteroatoms. The number of β-lactam (4-membered cyclic amide) rings is 1. The first kappa shape index (κ1) is 21.7. The van der Waals surface area contributed by atoms with Crippen LogP contribution in [0.1, 0.15) is 22.7 Å². The maximum absolute atomic E-state index is 13.2. The molecule has 1 saturated heterocycles. The second-order valence-corrected chi connectivity index (χ2v) is 7.70. The van der Waals surface area contributed by atoms with Crippen molar-refractivity contribution in [1.29, 1.82) is 0 Å². The van der Waals surface area contributed by atoms with E-state index in [-0.39, 0.29) is 5.91 Å². The molecule has 1 aliphatic heterocycles. The first-order valence-corrected chi connectivity index (χ1v) is 10.4. The highest BCUT2D eigenvalue weighted by molar-refractivity contribution is 6.01. The number of pyridine rings is 1. The molecule has 1 aromatic heterocycles. The van der Waals surface area contributed by atoms with E-state index in [9.17, 15) is 14.7 Å². The summed E-state index contributed by atoms with van der Waals surface area (Å²) in [5, 5.41) is 13.4. The Morgan fingerprint density at radius 1 is 1.03 bits per heavy atom. The van der Waals surface area contributed by atoms with E-state index in [1.54, 1.807) is 12.4 Å². The zero-order valence-electron chi connectivity index (χ0n) is 17.7. The van der Waals surface area contributed by atoms with Gasteiger partial charge in [0.15, 0.2) is 6.29 Å². The van der Waals surface area contributed by atoms with Crippen molar-refractivity contribution >= 4 is 11.9 Å². The number of aliphatic hydroxyl groups is 1. The van der Waals surface area contributed by atoms with E-state index in [2.05, 4.69) is 10.3 Å². The predicted octanol–water partition coefficient (Wildman–Crippen LogP) is 2.92. The standard InChI is InChI=1S/C25H25N3O4/c1-32-24(30)22-20(16-17-12-14-26-15-13-17)23(29)28(22)25(31)27-21(18-8-4-2-5-9-18)19-10-6-3-7-11-19/h2-15,20-22,24,30H,16H2,1H3,(H,27,31)/t20-,22?,24?/m1/s1. The summed E-state index contributed by atoms with van der Waals surface area (Å²) >= 11 is 0. The molecule has 3 aromatic rings. The molecule has 1 aliphatic rings. The number of urea groups is 1. The lowest BCUT2D eigenvalue weighted by Crippen LogP contribution is -2.70. The van der Waals surface area contributed by atoms with E-state index < -0.39 is 30.3 Å². The third kappa shape index (κ3) is 4.39. The molecular weight excluding hydrogens is 406 g/mol. The van der Waals surface area contributed by atoms with E-state index >= 15 is 0 Å². The summed E-state index contributed by atoms with van der Waals surface area (Å²) in [4.78, 5) is 31.3. The van der Waals surface area contributed by atoms with Crippen LogP contribution in [0.3, 0.4) is 0 Å². The number of imide groups is 1. The van der Waals surface area contributed by atoms with E-state index in [0.29, 0.717) is 6.42 Å². The summed E-state index contributed by atoms with van der Waals surface area (Å²) in [6.07, 6.45) is 2.40. The van der Waals surface area contributed by atoms with Gasteiger partial charge in [-0.15, -0.1) is 0 Å². The van der Waals surface area contributed by atoms with Gasteiger partial charge in [-0.3, -0.25) is 14.7 Å². The zero-order chi connectivity index (χ0) is 22.5. The molecule has 0 spiro atoms. The highest BCUT2D eigenvalue weighted by Gasteiger charge is 2.54. The quantitative estimate of drug-likeness (QED) is 0.443. The Morgan fingerprint density at radius 2 is 1.59 bits per heavy atom. The lowest BCUT2D eigenvalue weighted by molar-refractivity contribution is -0.184. The molecule has 0 aliphatic carbocycles. The molecule has 0 bridgehead atoms. The third-order valence-electron chi connectivity index (χ3n) is 5.76. The number of amides is 3. The van der Waals surface area contributed by atoms with Gasteiger partial charge in [-0.25, -0.2) is 4.79 Å². The van der Waals surface area contributed by atoms with Gasteiger partial charge in [0.1, 0.15) is 6.04 Å². The number of aliphatic hydroxyl groups excluding tert-OH is 1. The van der Waals surface area contributed by atoms with Crippen LogP contribution in [-0.4, -0.2) is 46.4 Å². The largest absolute Gasteiger partial charge is 0.366 e. The van der Waals surface area contributed by atoms with Crippen molar-refractivity contribution in [3.63, 3.8) is 0 Å². The Morgan fingerprint density at radius 3 is 2.12 bits per heavy atom. The molecule has 1 fully saturated rings. The Hall–Kier alpha value is -3.55. The van der Waals surface area contributed by atoms with Gasteiger partial charge in [0.05, 0.1) is 12.0 Å². The number of carbonyl (C=O) groups is 2. The SMILES string of the molecule is COC(O)C1[C@@H](Cc2ccncc2)C(=O)N1C(=O)NC(c1ccccc1)c1ccccc1. The van der Waals surface area contributed by atoms with Gasteiger partial charge in [-0.2, -0.15) is 0 Å². The fourth-order valence-corrected chi connectivity index (χ4v) is 4.09. The number of hydrogen-bond acceptors (Lipinski definition) is 5. The summed E-state index contributed by atoms with van der Waals surface area (Å²) in [5.41, 5.74) is 2.67. The van der Waals surface area contributed by atoms with Crippen LogP contribution in [0.2, 0.25) is 0 Å². The number of rotatable bonds is 7. The number of hydrogen-bond donors (Lipinski definition) is 2. The van der Waals surface area contributed by atoms with Crippen molar-refractivity contribution in [2.45, 2.75) is 24.8 Å². The van der Waals surface area contributed by atoms with Gasteiger partial charge in [-0.1, -0.05) is 60.7 Å². The molecule has 0 saturated carbocycles. The smallest absolute Gasteiger partial charge is 0.325 e. The van der Waals surface area contributed by atoms with Crippen LogP contribution in [0.5, 0.6) is 0 Å². The monoisotopic (exact) mass is 431 g/mol. The summed E-state index contributed by atoms with van der Waals surface area (Å²) in [5.74, 6) is -0.912. The number of nitrogens with one attached hydrogen (secondary N) is 1. The number of aromatic nitrogens is 1. The fourth-order valence-electron chi connectivity index (χ4n) is 4.09. The molecule has 2 aromatic carbocycles. The molecule has 0 radical (unpaired) electrons. The van der Waals surface area contributed by atoms with Gasteiger partial charge < -0.3 is 15.2 Å². The van der Waals surface area contributed by atoms with Crippen LogP contribution in [0.25, 0.3) is 0 Å². The van der Waals surface area contributed by atoms with Gasteiger partial charge in [-0.05, 0) is 35.2 Å². The van der Waals surface area contributed by atoms with Gasteiger partial charge >= 0.3 is 6.03 Å². The predicted molar refractivity (Wildman–Crippen MR) is 118 cm³/mol. The number of ether oxygens (including phenoxy) is 1. The summed E-state index contributed by atoms with van der Waals surface area (Å²) in [6, 6.07) is 20.9. The van der Waals surface area contributed by atoms with Crippen molar-refractivity contribution in [2.75, 3.05) is 7.11 Å². The minimum atomic E-state index is -1.28. The molecule has 2 heterocycles. The van der Waals surface area contributed by atoms with Crippen molar-refractivity contribution in [2.24, 2.45) is 5.92 Å². The lowest BCUT2D eigenvalue weighted by Gasteiger charge is -2.47. The zero-order valence-corrected chi connectivity index (χ0v) is 17.7. The summed E-state index contributed by atoms with van der Waals surface area (Å²) in [6.45, 7) is 0. The number of nitrogens with zero attached hydrogens (tertiary/aromatic N) is 2. The molecule has 2 unspecified atom stereocenters. The Balaban J connectivity index is 1.57. The van der Waals surface area contributed by atoms with E-state index in [1.165, 1.54) is 7.11 Å². The van der Waals surface area contributed by atoms with E-state index in [0.717, 1.165) is 21.6 Å². The van der Waals surface area contributed by atoms with Crippen molar-refractivity contribution in [3.8, 4) is 0 Å². The van der Waals surface area contributed by atoms with Gasteiger partial charge in [0, 0.05) is 19.5 Å². The summed E-state index contributed by atoms with van der Waals surface area (Å²) in [7, 11) is 1.35. The highest BCUT2D eigenvalue weighted by Crippen LogP contribution is 2.33. The minimum Gasteiger partial charge on any atom is -0.366 e. The second kappa shape index (κ2) is 9.72. The van der Waals surface area contributed by atoms with Crippen molar-refractivity contribution in [3.05, 3.63) is 102 Å². The van der Waals surface area contributed by atoms with Crippen LogP contribution >= 0.6 is 0 Å². The number of carbonyl (C=O) groups excluding carboxylic acids is 2. The molecule has 3 atom stereocenters. The fraction of sp³-hybridized carbons (Fsp3) is 0.240. The topological polar surface area (TPSA) is 91.8 Å². The maximum atomic E-state index is 13.2. The molecule has 164 valence electrons. The molecule has 2 N–H and O–H groups in total. The normalized spacial score (nSPS) is 18.8. The Bertz CT molecular complexity index is 1010. The highest BCUT2D eigenvalue weighted by atomic mass is 16.6. The van der Waals surface area contributed by atoms with Gasteiger partial charge in [0.2, 0.25) is 5.91 Å². The molecule has 4 rings (SSSR count). The van der Waals surface area contributed by atoms with Crippen LogP contribution in [-0.2, 0) is 16.0 Å². The van der Waals surface area contributed by atoms with Crippen LogP contribution in [0.15, 0.2) is 85.2 Å². The third-order valence-corrected chi connectivity index (χ3v) is 5.76. The number of methoxy groups -OCH3 is 1. The number of benzene rings is 2. The van der Waals surface area contributed by atoms with Crippen molar-refractivity contribution < 1.29 is 19.4 Å². The Kier molecular flexibility index (Phi) is 6.58. The molecule has 32 heavy (non-hydrogen) atoms.